The van der Waals surface area contributed by atoms with Crippen LogP contribution < -0.4 is 0 Å². The van der Waals surface area contributed by atoms with Gasteiger partial charge in [0.1, 0.15) is 5.82 Å². The number of aromatic nitrogens is 1. The first-order valence-corrected chi connectivity index (χ1v) is 8.58. The van der Waals surface area contributed by atoms with Crippen LogP contribution in [0.3, 0.4) is 0 Å². The standard InChI is InChI=1S/C22H21FN2O/c1-25(16-20-9-5-6-14-24-20)22(26)15-21(17-7-3-2-4-8-17)18-10-12-19(23)13-11-18/h2-14,21H,15-16H2,1H3. The zero-order valence-electron chi connectivity index (χ0n) is 14.7. The summed E-state index contributed by atoms with van der Waals surface area (Å²) in [5.41, 5.74) is 2.82. The summed E-state index contributed by atoms with van der Waals surface area (Å²) >= 11 is 0. The molecular formula is C22H21FN2O. The predicted octanol–water partition coefficient (Wildman–Crippen LogP) is 4.40. The normalized spacial score (nSPS) is 11.8. The summed E-state index contributed by atoms with van der Waals surface area (Å²) < 4.78 is 13.3. The Morgan fingerprint density at radius 1 is 0.962 bits per heavy atom. The highest BCUT2D eigenvalue weighted by Gasteiger charge is 2.20. The highest BCUT2D eigenvalue weighted by molar-refractivity contribution is 5.77. The second-order valence-corrected chi connectivity index (χ2v) is 6.29. The van der Waals surface area contributed by atoms with Gasteiger partial charge in [0.05, 0.1) is 12.2 Å². The molecule has 4 heteroatoms. The second kappa shape index (κ2) is 8.39. The van der Waals surface area contributed by atoms with E-state index in [1.165, 1.54) is 12.1 Å². The van der Waals surface area contributed by atoms with E-state index in [0.29, 0.717) is 13.0 Å². The van der Waals surface area contributed by atoms with Crippen LogP contribution in [-0.4, -0.2) is 22.8 Å². The molecule has 1 heterocycles. The minimum Gasteiger partial charge on any atom is -0.340 e. The van der Waals surface area contributed by atoms with Crippen LogP contribution in [0.1, 0.15) is 29.2 Å². The zero-order valence-corrected chi connectivity index (χ0v) is 14.7. The van der Waals surface area contributed by atoms with Gasteiger partial charge < -0.3 is 4.90 Å². The Labute approximate surface area is 153 Å². The van der Waals surface area contributed by atoms with Gasteiger partial charge in [0.2, 0.25) is 5.91 Å². The lowest BCUT2D eigenvalue weighted by molar-refractivity contribution is -0.130. The van der Waals surface area contributed by atoms with E-state index in [4.69, 9.17) is 0 Å². The molecule has 0 saturated heterocycles. The number of pyridine rings is 1. The van der Waals surface area contributed by atoms with Gasteiger partial charge in [-0.25, -0.2) is 4.39 Å². The third kappa shape index (κ3) is 4.54. The fourth-order valence-electron chi connectivity index (χ4n) is 2.96. The molecule has 0 aliphatic carbocycles. The minimum absolute atomic E-state index is 0.0221. The van der Waals surface area contributed by atoms with Gasteiger partial charge in [0, 0.05) is 25.6 Å². The summed E-state index contributed by atoms with van der Waals surface area (Å²) in [6.45, 7) is 0.463. The van der Waals surface area contributed by atoms with Crippen molar-refractivity contribution in [2.24, 2.45) is 0 Å². The molecule has 0 bridgehead atoms. The molecule has 1 amide bonds. The van der Waals surface area contributed by atoms with Gasteiger partial charge in [-0.3, -0.25) is 9.78 Å². The van der Waals surface area contributed by atoms with Crippen molar-refractivity contribution >= 4 is 5.91 Å². The molecule has 0 N–H and O–H groups in total. The summed E-state index contributed by atoms with van der Waals surface area (Å²) in [4.78, 5) is 18.7. The number of halogens is 1. The minimum atomic E-state index is -0.279. The zero-order chi connectivity index (χ0) is 18.4. The first kappa shape index (κ1) is 17.8. The fraction of sp³-hybridized carbons (Fsp3) is 0.182. The summed E-state index contributed by atoms with van der Waals surface area (Å²) in [5.74, 6) is -0.372. The first-order chi connectivity index (χ1) is 12.6. The molecule has 1 aromatic heterocycles. The van der Waals surface area contributed by atoms with Gasteiger partial charge in [-0.2, -0.15) is 0 Å². The van der Waals surface area contributed by atoms with Crippen molar-refractivity contribution in [1.82, 2.24) is 9.88 Å². The van der Waals surface area contributed by atoms with Crippen molar-refractivity contribution in [1.29, 1.82) is 0 Å². The number of nitrogens with zero attached hydrogens (tertiary/aromatic N) is 2. The van der Waals surface area contributed by atoms with Crippen LogP contribution in [0.2, 0.25) is 0 Å². The highest BCUT2D eigenvalue weighted by atomic mass is 19.1. The Morgan fingerprint density at radius 2 is 1.62 bits per heavy atom. The lowest BCUT2D eigenvalue weighted by atomic mass is 9.88. The second-order valence-electron chi connectivity index (χ2n) is 6.29. The Hall–Kier alpha value is -3.01. The number of carbonyl (C=O) groups excluding carboxylic acids is 1. The average molecular weight is 348 g/mol. The number of carbonyl (C=O) groups is 1. The molecule has 132 valence electrons. The molecular weight excluding hydrogens is 327 g/mol. The van der Waals surface area contributed by atoms with E-state index in [1.807, 2.05) is 48.5 Å². The van der Waals surface area contributed by atoms with Gasteiger partial charge in [-0.05, 0) is 35.4 Å². The van der Waals surface area contributed by atoms with E-state index < -0.39 is 0 Å². The highest BCUT2D eigenvalue weighted by Crippen LogP contribution is 2.29. The van der Waals surface area contributed by atoms with Crippen LogP contribution in [0.15, 0.2) is 79.0 Å². The number of rotatable bonds is 6. The lowest BCUT2D eigenvalue weighted by Gasteiger charge is -2.22. The lowest BCUT2D eigenvalue weighted by Crippen LogP contribution is -2.28. The van der Waals surface area contributed by atoms with E-state index in [-0.39, 0.29) is 17.6 Å². The molecule has 3 nitrogen and oxygen atoms in total. The van der Waals surface area contributed by atoms with Crippen molar-refractivity contribution in [3.05, 3.63) is 102 Å². The number of amides is 1. The molecule has 1 unspecified atom stereocenters. The molecule has 0 aliphatic heterocycles. The van der Waals surface area contributed by atoms with Crippen LogP contribution in [0.4, 0.5) is 4.39 Å². The Morgan fingerprint density at radius 3 is 2.27 bits per heavy atom. The Balaban J connectivity index is 1.79. The van der Waals surface area contributed by atoms with Crippen LogP contribution >= 0.6 is 0 Å². The first-order valence-electron chi connectivity index (χ1n) is 8.58. The van der Waals surface area contributed by atoms with E-state index in [1.54, 1.807) is 30.3 Å². The molecule has 0 saturated carbocycles. The maximum absolute atomic E-state index is 13.3. The van der Waals surface area contributed by atoms with Crippen LogP contribution in [0, 0.1) is 5.82 Å². The maximum Gasteiger partial charge on any atom is 0.223 e. The largest absolute Gasteiger partial charge is 0.340 e. The third-order valence-corrected chi connectivity index (χ3v) is 4.40. The molecule has 1 atom stereocenters. The van der Waals surface area contributed by atoms with Gasteiger partial charge in [0.25, 0.3) is 0 Å². The van der Waals surface area contributed by atoms with Crippen LogP contribution in [-0.2, 0) is 11.3 Å². The third-order valence-electron chi connectivity index (χ3n) is 4.40. The van der Waals surface area contributed by atoms with Gasteiger partial charge >= 0.3 is 0 Å². The van der Waals surface area contributed by atoms with E-state index in [9.17, 15) is 9.18 Å². The summed E-state index contributed by atoms with van der Waals surface area (Å²) in [6.07, 6.45) is 2.04. The van der Waals surface area contributed by atoms with Gasteiger partial charge in [0.15, 0.2) is 0 Å². The average Bonchev–Trinajstić information content (AvgIpc) is 2.68. The smallest absolute Gasteiger partial charge is 0.223 e. The predicted molar refractivity (Wildman–Crippen MR) is 100 cm³/mol. The molecule has 2 aromatic carbocycles. The van der Waals surface area contributed by atoms with Crippen molar-refractivity contribution in [2.45, 2.75) is 18.9 Å². The van der Waals surface area contributed by atoms with Crippen LogP contribution in [0.5, 0.6) is 0 Å². The van der Waals surface area contributed by atoms with Crippen LogP contribution in [0.25, 0.3) is 0 Å². The quantitative estimate of drug-likeness (QED) is 0.661. The molecule has 0 radical (unpaired) electrons. The molecule has 26 heavy (non-hydrogen) atoms. The van der Waals surface area contributed by atoms with Gasteiger partial charge in [-0.1, -0.05) is 48.5 Å². The van der Waals surface area contributed by atoms with Crippen molar-refractivity contribution < 1.29 is 9.18 Å². The number of hydrogen-bond acceptors (Lipinski definition) is 2. The summed E-state index contributed by atoms with van der Waals surface area (Å²) in [6, 6.07) is 21.9. The Kier molecular flexibility index (Phi) is 5.74. The Bertz CT molecular complexity index is 835. The molecule has 0 fully saturated rings. The fourth-order valence-corrected chi connectivity index (χ4v) is 2.96. The molecule has 0 aliphatic rings. The topological polar surface area (TPSA) is 33.2 Å². The maximum atomic E-state index is 13.3. The number of benzene rings is 2. The van der Waals surface area contributed by atoms with Crippen molar-refractivity contribution in [3.8, 4) is 0 Å². The molecule has 3 rings (SSSR count). The molecule has 0 spiro atoms. The number of hydrogen-bond donors (Lipinski definition) is 0. The summed E-state index contributed by atoms with van der Waals surface area (Å²) in [5, 5.41) is 0. The molecule has 3 aromatic rings. The summed E-state index contributed by atoms with van der Waals surface area (Å²) in [7, 11) is 1.78. The van der Waals surface area contributed by atoms with Crippen molar-refractivity contribution in [2.75, 3.05) is 7.05 Å². The van der Waals surface area contributed by atoms with E-state index >= 15 is 0 Å². The monoisotopic (exact) mass is 348 g/mol. The van der Waals surface area contributed by atoms with E-state index in [2.05, 4.69) is 4.98 Å². The van der Waals surface area contributed by atoms with Gasteiger partial charge in [-0.15, -0.1) is 0 Å². The van der Waals surface area contributed by atoms with Crippen molar-refractivity contribution in [3.63, 3.8) is 0 Å². The SMILES string of the molecule is CN(Cc1ccccn1)C(=O)CC(c1ccccc1)c1ccc(F)cc1. The van der Waals surface area contributed by atoms with E-state index in [0.717, 1.165) is 16.8 Å².